The number of pyridine rings is 4. The van der Waals surface area contributed by atoms with Gasteiger partial charge in [0.15, 0.2) is 11.6 Å². The highest BCUT2D eigenvalue weighted by Crippen LogP contribution is 2.39. The number of hydrogen-bond acceptors (Lipinski definition) is 22. The maximum Gasteiger partial charge on any atom is 0.496 e. The summed E-state index contributed by atoms with van der Waals surface area (Å²) >= 11 is 3.20. The Morgan fingerprint density at radius 1 is 0.484 bits per heavy atom. The molecule has 16 heterocycles. The van der Waals surface area contributed by atoms with Crippen molar-refractivity contribution < 1.29 is 71.2 Å². The fourth-order valence-corrected chi connectivity index (χ4v) is 15.6. The van der Waals surface area contributed by atoms with E-state index < -0.39 is 30.3 Å². The Kier molecular flexibility index (Phi) is 30.7. The van der Waals surface area contributed by atoms with E-state index in [9.17, 15) is 28.8 Å². The molecule has 30 nitrogen and oxygen atoms in total. The standard InChI is InChI=1S/C23H30N4O3.C23H28N4O3.C20H26BNO5.C18H19N3O3.C4H5BrN2.C4H9NO/c2*1-15(2)30-23(28)20-13-19-12-18(21-6-7-25(5)24-21)14-27(19)22(16(20)3)17(4)26-8-10-29-11-9-26;1-8-25-18(24)16-10-15-9-14(11-22(15)17(12(16)2)13(3)23)21-26-19(4,5)20(6,7)27-21;1-5-24-18(23)15-9-14-8-13(16-6-7-20(4)19-16)10-21(14)17(11(15)2)12(3)22;1-7-3-2-4(5)6-7;1-3-6-4-2-5-1/h6-7,12-15,17H,8-11H2,1-5H3;6-7,12-15H,4,8-11H2,1-3,5H3;9-11H,8H2,1-7H3;6-10H,5H2,1-4H3;2-3H,1H3;5H,1-4H2. The molecule has 0 aromatic carbocycles. The Hall–Kier alpha value is -11.1. The number of hydrogen-bond donors (Lipinski definition) is 1. The summed E-state index contributed by atoms with van der Waals surface area (Å²) in [6, 6.07) is 23.2. The van der Waals surface area contributed by atoms with Crippen LogP contribution in [-0.4, -0.2) is 225 Å². The summed E-state index contributed by atoms with van der Waals surface area (Å²) in [6.07, 6.45) is 15.1. The molecule has 0 aliphatic carbocycles. The molecule has 4 fully saturated rings. The summed E-state index contributed by atoms with van der Waals surface area (Å²) in [7, 11) is 7.00. The number of aryl methyl sites for hydroxylation is 4. The lowest BCUT2D eigenvalue weighted by Crippen LogP contribution is -2.41. The van der Waals surface area contributed by atoms with Crippen LogP contribution in [-0.2, 0) is 70.7 Å². The van der Waals surface area contributed by atoms with Crippen molar-refractivity contribution in [2.75, 3.05) is 92.1 Å². The smallest absolute Gasteiger partial charge is 0.462 e. The Morgan fingerprint density at radius 3 is 1.21 bits per heavy atom. The first kappa shape index (κ1) is 93.6. The number of ether oxygens (including phenoxy) is 7. The van der Waals surface area contributed by atoms with E-state index in [4.69, 9.17) is 42.5 Å². The number of nitrogens with one attached hydrogen (secondary N) is 1. The van der Waals surface area contributed by atoms with Crippen molar-refractivity contribution in [3.63, 3.8) is 0 Å². The van der Waals surface area contributed by atoms with Gasteiger partial charge in [-0.05, 0) is 215 Å². The van der Waals surface area contributed by atoms with Crippen LogP contribution < -0.4 is 10.8 Å². The largest absolute Gasteiger partial charge is 0.496 e. The highest BCUT2D eigenvalue weighted by molar-refractivity contribution is 9.10. The molecule has 0 saturated carbocycles. The van der Waals surface area contributed by atoms with Crippen LogP contribution in [0.5, 0.6) is 0 Å². The van der Waals surface area contributed by atoms with Gasteiger partial charge in [-0.2, -0.15) is 20.4 Å². The molecule has 660 valence electrons. The van der Waals surface area contributed by atoms with Gasteiger partial charge in [0.1, 0.15) is 4.60 Å². The van der Waals surface area contributed by atoms with E-state index in [1.807, 2.05) is 194 Å². The van der Waals surface area contributed by atoms with Gasteiger partial charge in [0.25, 0.3) is 0 Å². The highest BCUT2D eigenvalue weighted by atomic mass is 79.9. The first-order valence-electron chi connectivity index (χ1n) is 41.9. The second-order valence-electron chi connectivity index (χ2n) is 32.5. The molecular formula is C92H117BBrN15O15. The molecule has 4 saturated heterocycles. The molecule has 16 rings (SSSR count). The quantitative estimate of drug-likeness (QED) is 0.0361. The second-order valence-corrected chi connectivity index (χ2v) is 33.3. The molecule has 12 aromatic rings. The van der Waals surface area contributed by atoms with Crippen molar-refractivity contribution in [1.82, 2.24) is 71.8 Å². The first-order chi connectivity index (χ1) is 58.9. The number of morpholine rings is 3. The summed E-state index contributed by atoms with van der Waals surface area (Å²) in [4.78, 5) is 79.3. The molecule has 0 bridgehead atoms. The van der Waals surface area contributed by atoms with E-state index in [0.29, 0.717) is 64.6 Å². The second kappa shape index (κ2) is 40.7. The molecule has 1 unspecified atom stereocenters. The van der Waals surface area contributed by atoms with Crippen LogP contribution in [0.3, 0.4) is 0 Å². The van der Waals surface area contributed by atoms with E-state index in [1.54, 1.807) is 63.0 Å². The number of aromatic nitrogens is 12. The van der Waals surface area contributed by atoms with E-state index in [1.165, 1.54) is 13.8 Å². The molecular weight excluding hydrogens is 1650 g/mol. The van der Waals surface area contributed by atoms with Crippen molar-refractivity contribution in [3.8, 4) is 33.8 Å². The van der Waals surface area contributed by atoms with E-state index in [0.717, 1.165) is 160 Å². The average Bonchev–Trinajstić information content (AvgIpc) is 1.59. The topological polar surface area (TPSA) is 293 Å². The van der Waals surface area contributed by atoms with Gasteiger partial charge in [-0.3, -0.25) is 33.2 Å². The van der Waals surface area contributed by atoms with Crippen LogP contribution in [0, 0.1) is 27.7 Å². The number of rotatable bonds is 18. The molecule has 0 amide bonds. The van der Waals surface area contributed by atoms with Crippen LogP contribution in [0.1, 0.15) is 192 Å². The fraction of sp³-hybridized carbons (Fsp3) is 0.435. The van der Waals surface area contributed by atoms with Crippen molar-refractivity contribution in [1.29, 1.82) is 0 Å². The van der Waals surface area contributed by atoms with Gasteiger partial charge >= 0.3 is 31.0 Å². The Labute approximate surface area is 732 Å². The maximum atomic E-state index is 12.9. The van der Waals surface area contributed by atoms with Crippen LogP contribution in [0.25, 0.3) is 61.5 Å². The SMILES string of the molecule is C1COCCN1.C=C(c1c(C)c(C(=O)OC(C)C)cc2cc(-c3ccn(C)n3)cn12)N1CCOCC1.CCOC(=O)c1cc2cc(-c3ccn(C)n3)cn2c(C(C)=O)c1C.CCOC(=O)c1cc2cc(B3OC(C)(C)C(C)(C)O3)cn2c(C(C)=O)c1C.Cc1c(C(=O)OC(C)C)cc2cc(-c3ccn(C)n3)cn2c1C(C)N1CCOCC1.Cn1ccc(Br)n1. The van der Waals surface area contributed by atoms with Gasteiger partial charge in [0, 0.05) is 187 Å². The monoisotopic (exact) mass is 1760 g/mol. The fourth-order valence-electron chi connectivity index (χ4n) is 15.3. The Balaban J connectivity index is 0.000000153. The Morgan fingerprint density at radius 2 is 0.847 bits per heavy atom. The molecule has 1 atom stereocenters. The minimum atomic E-state index is -0.541. The molecule has 32 heteroatoms. The van der Waals surface area contributed by atoms with E-state index in [2.05, 4.69) is 92.2 Å². The van der Waals surface area contributed by atoms with Gasteiger partial charge in [0.2, 0.25) is 0 Å². The zero-order chi connectivity index (χ0) is 89.9. The highest BCUT2D eigenvalue weighted by Gasteiger charge is 2.52. The zero-order valence-electron chi connectivity index (χ0n) is 75.2. The van der Waals surface area contributed by atoms with Crippen LogP contribution in [0.15, 0.2) is 134 Å². The van der Waals surface area contributed by atoms with Crippen LogP contribution in [0.2, 0.25) is 0 Å². The van der Waals surface area contributed by atoms with Crippen LogP contribution >= 0.6 is 15.9 Å². The molecule has 0 spiro atoms. The maximum absolute atomic E-state index is 12.9. The lowest BCUT2D eigenvalue weighted by Gasteiger charge is -2.34. The average molecular weight is 1760 g/mol. The number of carbonyl (C=O) groups excluding carboxylic acids is 6. The number of esters is 4. The van der Waals surface area contributed by atoms with E-state index in [-0.39, 0.29) is 48.4 Å². The molecule has 4 aliphatic heterocycles. The van der Waals surface area contributed by atoms with Gasteiger partial charge < -0.3 is 70.3 Å². The van der Waals surface area contributed by atoms with Gasteiger partial charge in [-0.25, -0.2) is 19.2 Å². The predicted molar refractivity (Wildman–Crippen MR) is 481 cm³/mol. The zero-order valence-corrected chi connectivity index (χ0v) is 76.8. The lowest BCUT2D eigenvalue weighted by atomic mass is 9.81. The molecule has 0 radical (unpaired) electrons. The van der Waals surface area contributed by atoms with Crippen LogP contribution in [0.4, 0.5) is 0 Å². The molecule has 1 N–H and O–H groups in total. The summed E-state index contributed by atoms with van der Waals surface area (Å²) in [5, 5.41) is 20.6. The van der Waals surface area contributed by atoms with E-state index >= 15 is 0 Å². The van der Waals surface area contributed by atoms with Gasteiger partial charge in [-0.15, -0.1) is 0 Å². The Bertz CT molecular complexity index is 5810. The number of carbonyl (C=O) groups is 6. The number of ketones is 2. The number of halogens is 1. The number of Topliss-reactive ketones (excluding diaryl/α,β-unsaturated/α-hetero) is 2. The first-order valence-corrected chi connectivity index (χ1v) is 42.7. The summed E-state index contributed by atoms with van der Waals surface area (Å²) < 4.78 is 65.4. The molecule has 4 aliphatic rings. The van der Waals surface area contributed by atoms with Gasteiger partial charge in [0.05, 0.1) is 138 Å². The third-order valence-corrected chi connectivity index (χ3v) is 22.6. The molecule has 12 aromatic heterocycles. The summed E-state index contributed by atoms with van der Waals surface area (Å²) in [5.41, 5.74) is 17.6. The van der Waals surface area contributed by atoms with Crippen molar-refractivity contribution in [3.05, 3.63) is 201 Å². The summed E-state index contributed by atoms with van der Waals surface area (Å²) in [5.74, 6) is -1.67. The normalized spacial score (nSPS) is 15.2. The lowest BCUT2D eigenvalue weighted by molar-refractivity contribution is 0.00578. The third-order valence-electron chi connectivity index (χ3n) is 22.2. The van der Waals surface area contributed by atoms with Gasteiger partial charge in [-0.1, -0.05) is 6.58 Å². The third kappa shape index (κ3) is 21.8. The molecule has 124 heavy (non-hydrogen) atoms. The predicted octanol–water partition coefficient (Wildman–Crippen LogP) is 13.9. The minimum absolute atomic E-state index is 0.105. The van der Waals surface area contributed by atoms with Crippen molar-refractivity contribution >= 4 is 91.7 Å². The van der Waals surface area contributed by atoms with Crippen molar-refractivity contribution in [2.24, 2.45) is 28.2 Å². The van der Waals surface area contributed by atoms with Crippen molar-refractivity contribution in [2.45, 2.75) is 147 Å². The summed E-state index contributed by atoms with van der Waals surface area (Å²) in [6.45, 7) is 46.5. The number of nitrogens with zero attached hydrogens (tertiary/aromatic N) is 14. The minimum Gasteiger partial charge on any atom is -0.462 e. The number of fused-ring (bicyclic) bond motifs is 4.